The van der Waals surface area contributed by atoms with E-state index in [1.807, 2.05) is 70.1 Å². The second-order valence-electron chi connectivity index (χ2n) is 13.3. The number of rotatable bonds is 4. The van der Waals surface area contributed by atoms with E-state index < -0.39 is 63.5 Å². The third kappa shape index (κ3) is 4.34. The maximum absolute atomic E-state index is 14.3. The van der Waals surface area contributed by atoms with Gasteiger partial charge in [-0.3, -0.25) is 19.3 Å². The molecule has 0 radical (unpaired) electrons. The van der Waals surface area contributed by atoms with E-state index in [0.29, 0.717) is 11.1 Å². The van der Waals surface area contributed by atoms with Gasteiger partial charge < -0.3 is 31.1 Å². The van der Waals surface area contributed by atoms with Crippen molar-refractivity contribution in [2.75, 3.05) is 33.1 Å². The number of primary amides is 1. The third-order valence-corrected chi connectivity index (χ3v) is 9.23. The van der Waals surface area contributed by atoms with Crippen molar-refractivity contribution in [2.45, 2.75) is 50.7 Å². The van der Waals surface area contributed by atoms with Gasteiger partial charge in [-0.15, -0.1) is 0 Å². The molecule has 0 aliphatic heterocycles. The van der Waals surface area contributed by atoms with Crippen molar-refractivity contribution in [2.24, 2.45) is 17.6 Å². The van der Waals surface area contributed by atoms with Gasteiger partial charge in [0.1, 0.15) is 22.8 Å². The number of hydrogen-bond acceptors (Lipinski definition) is 9. The lowest BCUT2D eigenvalue weighted by Crippen LogP contribution is -2.63. The molecule has 1 amide bonds. The van der Waals surface area contributed by atoms with Gasteiger partial charge in [0.2, 0.25) is 5.78 Å². The average molecular weight is 590 g/mol. The topological polar surface area (TPSA) is 165 Å². The highest BCUT2D eigenvalue weighted by Crippen LogP contribution is 2.54. The minimum Gasteiger partial charge on any atom is -0.510 e. The van der Waals surface area contributed by atoms with Crippen molar-refractivity contribution >= 4 is 23.2 Å². The lowest BCUT2D eigenvalue weighted by atomic mass is 9.58. The largest absolute Gasteiger partial charge is 0.510 e. The highest BCUT2D eigenvalue weighted by molar-refractivity contribution is 6.25. The summed E-state index contributed by atoms with van der Waals surface area (Å²) < 4.78 is 0. The number of anilines is 1. The van der Waals surface area contributed by atoms with Gasteiger partial charge in [-0.1, -0.05) is 32.9 Å². The molecule has 43 heavy (non-hydrogen) atoms. The Morgan fingerprint density at radius 1 is 1.02 bits per heavy atom. The standard InChI is InChI=1S/C33H39N3O7/c1-32(2,3)21-14-18(15-8-10-17(11-9-15)35(4)5)19-12-16-13-20-25(36(6)7)28(39)24(31(34)42)30(41)33(20,43)29(40)22(16)27(38)23(19)26(21)37/h8-11,14,16,20,25,37,39-40,43H,12-13H2,1-7H3,(H2,34,42)/t16-,20-,25?,33-/m1/s1. The molecule has 0 aromatic heterocycles. The van der Waals surface area contributed by atoms with E-state index in [9.17, 15) is 34.8 Å². The fourth-order valence-electron chi connectivity index (χ4n) is 7.09. The van der Waals surface area contributed by atoms with Crippen molar-refractivity contribution in [1.82, 2.24) is 4.90 Å². The molecule has 10 nitrogen and oxygen atoms in total. The van der Waals surface area contributed by atoms with Gasteiger partial charge in [0.05, 0.1) is 11.6 Å². The van der Waals surface area contributed by atoms with E-state index in [0.717, 1.165) is 16.8 Å². The van der Waals surface area contributed by atoms with Crippen LogP contribution in [0.2, 0.25) is 0 Å². The predicted octanol–water partition coefficient (Wildman–Crippen LogP) is 3.15. The number of nitrogens with zero attached hydrogens (tertiary/aromatic N) is 2. The number of aliphatic hydroxyl groups is 3. The van der Waals surface area contributed by atoms with Crippen LogP contribution < -0.4 is 10.6 Å². The molecule has 5 rings (SSSR count). The van der Waals surface area contributed by atoms with Gasteiger partial charge in [0.15, 0.2) is 11.4 Å². The van der Waals surface area contributed by atoms with Crippen molar-refractivity contribution in [3.05, 3.63) is 69.7 Å². The SMILES string of the molecule is CN(C)c1ccc(-c2cc(C(C)(C)C)c(O)c3c2C[C@@H]2C[C@@H]4C(N(C)C)C(O)=C(C(N)=O)C(=O)[C@]4(O)C(O)=C2C3=O)cc1. The number of Topliss-reactive ketones (excluding diaryl/α,β-unsaturated/α-hetero) is 2. The smallest absolute Gasteiger partial charge is 0.255 e. The van der Waals surface area contributed by atoms with E-state index in [-0.39, 0.29) is 29.7 Å². The molecule has 4 atom stereocenters. The van der Waals surface area contributed by atoms with Crippen LogP contribution in [-0.4, -0.2) is 82.6 Å². The van der Waals surface area contributed by atoms with E-state index in [1.54, 1.807) is 14.1 Å². The number of carbonyl (C=O) groups is 3. The monoisotopic (exact) mass is 589 g/mol. The van der Waals surface area contributed by atoms with Crippen LogP contribution in [0.1, 0.15) is 48.7 Å². The number of benzene rings is 2. The summed E-state index contributed by atoms with van der Waals surface area (Å²) in [6, 6.07) is 8.71. The van der Waals surface area contributed by atoms with Crippen LogP contribution in [0.25, 0.3) is 11.1 Å². The third-order valence-electron chi connectivity index (χ3n) is 9.23. The number of aliphatic hydroxyl groups excluding tert-OH is 2. The average Bonchev–Trinajstić information content (AvgIpc) is 2.90. The summed E-state index contributed by atoms with van der Waals surface area (Å²) in [6.07, 6.45) is 0.254. The Bertz CT molecular complexity index is 1630. The molecular weight excluding hydrogens is 550 g/mol. The second kappa shape index (κ2) is 9.96. The van der Waals surface area contributed by atoms with Gasteiger partial charge in [0.25, 0.3) is 5.91 Å². The van der Waals surface area contributed by atoms with Crippen molar-refractivity contribution in [1.29, 1.82) is 0 Å². The summed E-state index contributed by atoms with van der Waals surface area (Å²) in [7, 11) is 7.09. The molecule has 2 aromatic rings. The van der Waals surface area contributed by atoms with Crippen LogP contribution >= 0.6 is 0 Å². The molecular formula is C33H39N3O7. The number of amides is 1. The van der Waals surface area contributed by atoms with E-state index in [1.165, 1.54) is 4.90 Å². The van der Waals surface area contributed by atoms with Gasteiger partial charge >= 0.3 is 0 Å². The number of phenols is 1. The molecule has 0 saturated heterocycles. The molecule has 0 saturated carbocycles. The number of phenolic OH excluding ortho intramolecular Hbond substituents is 1. The quantitative estimate of drug-likeness (QED) is 0.337. The number of fused-ring (bicyclic) bond motifs is 3. The number of aromatic hydroxyl groups is 1. The summed E-state index contributed by atoms with van der Waals surface area (Å²) in [4.78, 5) is 43.6. The zero-order valence-electron chi connectivity index (χ0n) is 25.5. The molecule has 228 valence electrons. The summed E-state index contributed by atoms with van der Waals surface area (Å²) in [5, 5.41) is 46.1. The number of likely N-dealkylation sites (N-methyl/N-ethyl adjacent to an activating group) is 1. The van der Waals surface area contributed by atoms with E-state index in [4.69, 9.17) is 5.73 Å². The first-order valence-corrected chi connectivity index (χ1v) is 14.2. The fraction of sp³-hybridized carbons (Fsp3) is 0.424. The zero-order chi connectivity index (χ0) is 31.9. The molecule has 0 heterocycles. The molecule has 0 spiro atoms. The van der Waals surface area contributed by atoms with Crippen LogP contribution in [0.15, 0.2) is 53.0 Å². The van der Waals surface area contributed by atoms with Gasteiger partial charge in [-0.05, 0) is 73.2 Å². The Kier molecular flexibility index (Phi) is 7.02. The highest BCUT2D eigenvalue weighted by Gasteiger charge is 2.63. The highest BCUT2D eigenvalue weighted by atomic mass is 16.3. The molecule has 6 N–H and O–H groups in total. The Morgan fingerprint density at radius 3 is 2.14 bits per heavy atom. The minimum atomic E-state index is -2.67. The lowest BCUT2D eigenvalue weighted by molar-refractivity contribution is -0.148. The number of nitrogens with two attached hydrogens (primary N) is 1. The summed E-state index contributed by atoms with van der Waals surface area (Å²) in [5.41, 5.74) is 4.94. The van der Waals surface area contributed by atoms with Crippen molar-refractivity contribution in [3.8, 4) is 16.9 Å². The summed E-state index contributed by atoms with van der Waals surface area (Å²) >= 11 is 0. The molecule has 3 aliphatic rings. The lowest BCUT2D eigenvalue weighted by Gasteiger charge is -2.50. The maximum atomic E-state index is 14.3. The zero-order valence-corrected chi connectivity index (χ0v) is 25.5. The molecule has 1 unspecified atom stereocenters. The first-order chi connectivity index (χ1) is 19.9. The molecule has 2 aromatic carbocycles. The van der Waals surface area contributed by atoms with Gasteiger partial charge in [0, 0.05) is 36.8 Å². The second-order valence-corrected chi connectivity index (χ2v) is 13.3. The van der Waals surface area contributed by atoms with Crippen LogP contribution in [0, 0.1) is 11.8 Å². The first kappa shape index (κ1) is 30.3. The van der Waals surface area contributed by atoms with E-state index in [2.05, 4.69) is 0 Å². The molecule has 10 heteroatoms. The van der Waals surface area contributed by atoms with Gasteiger partial charge in [-0.25, -0.2) is 0 Å². The van der Waals surface area contributed by atoms with Gasteiger partial charge in [-0.2, -0.15) is 0 Å². The Balaban J connectivity index is 1.77. The normalized spacial score (nSPS) is 25.5. The van der Waals surface area contributed by atoms with Crippen LogP contribution in [0.4, 0.5) is 5.69 Å². The summed E-state index contributed by atoms with van der Waals surface area (Å²) in [5.74, 6) is -6.61. The maximum Gasteiger partial charge on any atom is 0.255 e. The van der Waals surface area contributed by atoms with Crippen LogP contribution in [0.3, 0.4) is 0 Å². The summed E-state index contributed by atoms with van der Waals surface area (Å²) in [6.45, 7) is 5.75. The fourth-order valence-corrected chi connectivity index (χ4v) is 7.09. The van der Waals surface area contributed by atoms with Crippen molar-refractivity contribution in [3.63, 3.8) is 0 Å². The molecule has 0 fully saturated rings. The Hall–Kier alpha value is -4.15. The van der Waals surface area contributed by atoms with E-state index >= 15 is 0 Å². The number of ketones is 2. The Labute approximate surface area is 250 Å². The van der Waals surface area contributed by atoms with Crippen LogP contribution in [0.5, 0.6) is 5.75 Å². The first-order valence-electron chi connectivity index (χ1n) is 14.2. The minimum absolute atomic E-state index is 0.0138. The molecule has 0 bridgehead atoms. The number of carbonyl (C=O) groups excluding carboxylic acids is 3. The predicted molar refractivity (Wildman–Crippen MR) is 162 cm³/mol. The molecule has 3 aliphatic carbocycles. The van der Waals surface area contributed by atoms with Crippen molar-refractivity contribution < 1.29 is 34.8 Å². The van der Waals surface area contributed by atoms with Crippen LogP contribution in [-0.2, 0) is 21.4 Å². The number of hydrogen-bond donors (Lipinski definition) is 5. The number of allylic oxidation sites excluding steroid dienone is 1. The Morgan fingerprint density at radius 2 is 1.63 bits per heavy atom.